The first-order chi connectivity index (χ1) is 23.6. The molecule has 0 spiro atoms. The van der Waals surface area contributed by atoms with E-state index in [1.54, 1.807) is 0 Å². The molecule has 0 saturated carbocycles. The fraction of sp³-hybridized carbons (Fsp3) is 0.395. The number of aliphatic hydroxyl groups is 1. The Labute approximate surface area is 288 Å². The molecule has 3 N–H and O–H groups in total. The second kappa shape index (κ2) is 16.5. The highest BCUT2D eigenvalue weighted by atomic mass is 28.4. The lowest BCUT2D eigenvalue weighted by atomic mass is 10.1. The van der Waals surface area contributed by atoms with Gasteiger partial charge >= 0.3 is 5.69 Å². The van der Waals surface area contributed by atoms with Crippen LogP contribution in [0.2, 0.25) is 5.04 Å². The van der Waals surface area contributed by atoms with E-state index in [4.69, 9.17) is 9.16 Å². The summed E-state index contributed by atoms with van der Waals surface area (Å²) in [5, 5.41) is 16.8. The smallest absolute Gasteiger partial charge is 0.328 e. The highest BCUT2D eigenvalue weighted by Crippen LogP contribution is 2.37. The van der Waals surface area contributed by atoms with Crippen LogP contribution in [0.15, 0.2) is 113 Å². The summed E-state index contributed by atoms with van der Waals surface area (Å²) in [4.78, 5) is 41.8. The summed E-state index contributed by atoms with van der Waals surface area (Å²) in [7, 11) is -2.91. The minimum atomic E-state index is -2.91. The summed E-state index contributed by atoms with van der Waals surface area (Å²) in [6.45, 7) is 8.41. The summed E-state index contributed by atoms with van der Waals surface area (Å²) in [6.07, 6.45) is 1.88. The molecular weight excluding hydrogens is 637 g/mol. The molecule has 1 aliphatic heterocycles. The number of rotatable bonds is 14. The number of nitrogens with zero attached hydrogens (tertiary/aromatic N) is 2. The van der Waals surface area contributed by atoms with Gasteiger partial charge in [-0.15, -0.1) is 0 Å². The Morgan fingerprint density at radius 2 is 1.41 bits per heavy atom. The van der Waals surface area contributed by atoms with Crippen LogP contribution in [0.5, 0.6) is 0 Å². The van der Waals surface area contributed by atoms with E-state index in [1.165, 1.54) is 16.8 Å². The van der Waals surface area contributed by atoms with Crippen LogP contribution in [0, 0.1) is 0 Å². The molecule has 1 saturated heterocycles. The highest BCUT2D eigenvalue weighted by molar-refractivity contribution is 6.99. The highest BCUT2D eigenvalue weighted by Gasteiger charge is 2.51. The van der Waals surface area contributed by atoms with Crippen molar-refractivity contribution in [1.82, 2.24) is 19.8 Å². The third-order valence-electron chi connectivity index (χ3n) is 9.23. The lowest BCUT2D eigenvalue weighted by Crippen LogP contribution is -2.67. The van der Waals surface area contributed by atoms with Crippen LogP contribution in [0.4, 0.5) is 0 Å². The molecule has 0 unspecified atom stereocenters. The minimum Gasteiger partial charge on any atom is -0.405 e. The number of aryl methyl sites for hydroxylation is 1. The van der Waals surface area contributed by atoms with E-state index in [0.717, 1.165) is 15.9 Å². The van der Waals surface area contributed by atoms with Crippen LogP contribution in [-0.4, -0.2) is 78.3 Å². The number of aliphatic hydroxyl groups excluding tert-OH is 1. The van der Waals surface area contributed by atoms with Gasteiger partial charge in [-0.3, -0.25) is 19.5 Å². The number of ether oxygens (including phenoxy) is 1. The van der Waals surface area contributed by atoms with Crippen molar-refractivity contribution in [3.05, 3.63) is 130 Å². The standard InChI is InChI=1S/C38H48N4O6Si/c1-38(2,3)49(30-17-9-5-10-18-30,31-19-11-6-12-20-31)48-27-32-34(43)25-42(23-14-13-22-41-24-21-35(44)40-37(41)46)33(36(45)39-32)28-47-26-29-15-7-4-8-16-29/h4-12,15-21,24,32-34,43H,13-14,22-23,25-28H2,1-3H3,(H,39,45)(H,40,44,46)/t32-,33+,34+/m1/s1. The maximum Gasteiger partial charge on any atom is 0.328 e. The van der Waals surface area contributed by atoms with E-state index in [1.807, 2.05) is 71.6 Å². The largest absolute Gasteiger partial charge is 0.405 e. The van der Waals surface area contributed by atoms with Crippen LogP contribution in [0.25, 0.3) is 0 Å². The lowest BCUT2D eigenvalue weighted by molar-refractivity contribution is -0.128. The van der Waals surface area contributed by atoms with Crippen LogP contribution in [0.3, 0.4) is 0 Å². The number of aromatic nitrogens is 2. The second-order valence-corrected chi connectivity index (χ2v) is 18.0. The van der Waals surface area contributed by atoms with Gasteiger partial charge in [0.25, 0.3) is 13.9 Å². The van der Waals surface area contributed by atoms with E-state index in [9.17, 15) is 19.5 Å². The molecule has 1 amide bonds. The average Bonchev–Trinajstić information content (AvgIpc) is 3.20. The molecule has 260 valence electrons. The molecular formula is C38H48N4O6Si. The molecule has 3 aromatic carbocycles. The van der Waals surface area contributed by atoms with Crippen molar-refractivity contribution in [3.8, 4) is 0 Å². The van der Waals surface area contributed by atoms with Gasteiger partial charge in [0.15, 0.2) is 0 Å². The Morgan fingerprint density at radius 3 is 2.00 bits per heavy atom. The van der Waals surface area contributed by atoms with Crippen molar-refractivity contribution >= 4 is 24.6 Å². The van der Waals surface area contributed by atoms with Gasteiger partial charge in [0.2, 0.25) is 5.91 Å². The summed E-state index contributed by atoms with van der Waals surface area (Å²) in [5.41, 5.74) is 0.122. The number of hydrogen-bond acceptors (Lipinski definition) is 7. The predicted octanol–water partition coefficient (Wildman–Crippen LogP) is 2.64. The Kier molecular flexibility index (Phi) is 12.2. The predicted molar refractivity (Wildman–Crippen MR) is 194 cm³/mol. The first-order valence-electron chi connectivity index (χ1n) is 17.0. The molecule has 0 aliphatic carbocycles. The molecule has 2 heterocycles. The molecule has 1 aromatic heterocycles. The normalized spacial score (nSPS) is 18.9. The van der Waals surface area contributed by atoms with Gasteiger partial charge < -0.3 is 24.2 Å². The number of β-amino-alcohol motifs (C(OH)–C–C–N with tert-alkyl or cyclic N) is 1. The van der Waals surface area contributed by atoms with Gasteiger partial charge in [0.1, 0.15) is 6.04 Å². The fourth-order valence-electron chi connectivity index (χ4n) is 6.67. The van der Waals surface area contributed by atoms with Crippen molar-refractivity contribution in [1.29, 1.82) is 0 Å². The number of amides is 1. The van der Waals surface area contributed by atoms with Crippen LogP contribution in [-0.2, 0) is 27.1 Å². The number of hydrogen-bond donors (Lipinski definition) is 3. The van der Waals surface area contributed by atoms with Gasteiger partial charge in [-0.1, -0.05) is 112 Å². The van der Waals surface area contributed by atoms with Crippen molar-refractivity contribution in [2.45, 2.75) is 70.0 Å². The molecule has 0 radical (unpaired) electrons. The number of aromatic amines is 1. The van der Waals surface area contributed by atoms with Gasteiger partial charge in [-0.25, -0.2) is 4.79 Å². The molecule has 10 nitrogen and oxygen atoms in total. The minimum absolute atomic E-state index is 0.140. The second-order valence-electron chi connectivity index (χ2n) is 13.7. The van der Waals surface area contributed by atoms with Crippen LogP contribution in [0.1, 0.15) is 39.2 Å². The molecule has 5 rings (SSSR count). The lowest BCUT2D eigenvalue weighted by Gasteiger charge is -2.44. The third-order valence-corrected chi connectivity index (χ3v) is 14.2. The quantitative estimate of drug-likeness (QED) is 0.138. The molecule has 3 atom stereocenters. The van der Waals surface area contributed by atoms with Crippen LogP contribution >= 0.6 is 0 Å². The van der Waals surface area contributed by atoms with Gasteiger partial charge in [-0.2, -0.15) is 0 Å². The summed E-state index contributed by atoms with van der Waals surface area (Å²) >= 11 is 0. The summed E-state index contributed by atoms with van der Waals surface area (Å²) in [6, 6.07) is 30.5. The number of nitrogens with one attached hydrogen (secondary N) is 2. The van der Waals surface area contributed by atoms with Gasteiger partial charge in [-0.05, 0) is 40.4 Å². The van der Waals surface area contributed by atoms with Crippen molar-refractivity contribution < 1.29 is 19.1 Å². The molecule has 4 aromatic rings. The molecule has 11 heteroatoms. The van der Waals surface area contributed by atoms with Gasteiger partial charge in [0, 0.05) is 25.4 Å². The number of unbranched alkanes of at least 4 members (excludes halogenated alkanes) is 1. The van der Waals surface area contributed by atoms with E-state index >= 15 is 0 Å². The Balaban J connectivity index is 1.34. The topological polar surface area (TPSA) is 126 Å². The van der Waals surface area contributed by atoms with Crippen molar-refractivity contribution in [2.75, 3.05) is 26.3 Å². The number of carbonyl (C=O) groups excluding carboxylic acids is 1. The van der Waals surface area contributed by atoms with Crippen LogP contribution < -0.4 is 26.9 Å². The maximum absolute atomic E-state index is 13.9. The average molecular weight is 685 g/mol. The Hall–Kier alpha value is -4.13. The molecule has 0 bridgehead atoms. The number of H-pyrrole nitrogens is 1. The zero-order chi connectivity index (χ0) is 34.9. The van der Waals surface area contributed by atoms with E-state index in [0.29, 0.717) is 32.5 Å². The zero-order valence-electron chi connectivity index (χ0n) is 28.6. The monoisotopic (exact) mass is 684 g/mol. The molecule has 1 aliphatic rings. The SMILES string of the molecule is CC(C)(C)[Si](OC[C@H]1NC(=O)[C@H](COCc2ccccc2)N(CCCCn2ccc(=O)[nH]c2=O)C[C@@H]1O)(c1ccccc1)c1ccccc1. The Bertz CT molecular complexity index is 1700. The van der Waals surface area contributed by atoms with E-state index in [2.05, 4.69) is 55.3 Å². The molecule has 1 fully saturated rings. The zero-order valence-corrected chi connectivity index (χ0v) is 29.6. The van der Waals surface area contributed by atoms with Gasteiger partial charge in [0.05, 0.1) is 32.0 Å². The first-order valence-corrected chi connectivity index (χ1v) is 18.9. The third kappa shape index (κ3) is 8.92. The first kappa shape index (κ1) is 36.2. The molecule has 49 heavy (non-hydrogen) atoms. The number of benzene rings is 3. The van der Waals surface area contributed by atoms with E-state index < -0.39 is 37.8 Å². The summed E-state index contributed by atoms with van der Waals surface area (Å²) in [5.74, 6) is -0.225. The van der Waals surface area contributed by atoms with Crippen molar-refractivity contribution in [3.63, 3.8) is 0 Å². The number of carbonyl (C=O) groups is 1. The van der Waals surface area contributed by atoms with E-state index in [-0.39, 0.29) is 30.7 Å². The maximum atomic E-state index is 13.9. The fourth-order valence-corrected chi connectivity index (χ4v) is 11.3. The summed E-state index contributed by atoms with van der Waals surface area (Å²) < 4.78 is 14.7. The van der Waals surface area contributed by atoms with Crippen molar-refractivity contribution in [2.24, 2.45) is 0 Å². The Morgan fingerprint density at radius 1 is 0.816 bits per heavy atom.